The number of nitrogens with one attached hydrogen (secondary N) is 1. The van der Waals surface area contributed by atoms with Gasteiger partial charge < -0.3 is 16.0 Å². The molecule has 0 radical (unpaired) electrons. The number of hydrogen-bond acceptors (Lipinski definition) is 4. The van der Waals surface area contributed by atoms with Gasteiger partial charge in [0.15, 0.2) is 0 Å². The number of carbonyl (C=O) groups is 2. The summed E-state index contributed by atoms with van der Waals surface area (Å²) in [5, 5.41) is 3.51. The Hall–Kier alpha value is -1.27. The van der Waals surface area contributed by atoms with Crippen LogP contribution in [0.5, 0.6) is 0 Å². The Labute approximate surface area is 105 Å². The molecule has 0 bridgehead atoms. The minimum Gasteiger partial charge on any atom is -0.351 e. The van der Waals surface area contributed by atoms with Crippen LogP contribution in [0.3, 0.4) is 0 Å². The predicted octanol–water partition coefficient (Wildman–Crippen LogP) is 0.0542. The van der Waals surface area contributed by atoms with E-state index in [1.165, 1.54) is 0 Å². The topological polar surface area (TPSA) is 75.4 Å². The van der Waals surface area contributed by atoms with Crippen molar-refractivity contribution in [2.45, 2.75) is 6.92 Å². The monoisotopic (exact) mass is 255 g/mol. The summed E-state index contributed by atoms with van der Waals surface area (Å²) in [4.78, 5) is 24.1. The number of nitrogens with zero attached hydrogens (tertiary/aromatic N) is 1. The van der Waals surface area contributed by atoms with Crippen LogP contribution < -0.4 is 11.1 Å². The number of thioether (sulfide) groups is 1. The van der Waals surface area contributed by atoms with Crippen molar-refractivity contribution >= 4 is 24.1 Å². The first-order valence-corrected chi connectivity index (χ1v) is 6.42. The smallest absolute Gasteiger partial charge is 0.251 e. The Morgan fingerprint density at radius 1 is 1.65 bits per heavy atom. The van der Waals surface area contributed by atoms with E-state index < -0.39 is 0 Å². The number of carbonyl (C=O) groups excluding carboxylic acids is 2. The van der Waals surface area contributed by atoms with Crippen LogP contribution in [0, 0.1) is 0 Å². The van der Waals surface area contributed by atoms with Crippen LogP contribution in [0.25, 0.3) is 0 Å². The van der Waals surface area contributed by atoms with E-state index in [-0.39, 0.29) is 5.91 Å². The van der Waals surface area contributed by atoms with Gasteiger partial charge in [-0.05, 0) is 13.0 Å². The minimum absolute atomic E-state index is 0.163. The molecule has 6 heteroatoms. The van der Waals surface area contributed by atoms with Crippen LogP contribution in [0.15, 0.2) is 22.8 Å². The molecule has 0 aromatic carbocycles. The zero-order chi connectivity index (χ0) is 12.7. The van der Waals surface area contributed by atoms with Crippen LogP contribution in [-0.4, -0.2) is 42.6 Å². The van der Waals surface area contributed by atoms with Crippen molar-refractivity contribution < 1.29 is 9.59 Å². The lowest BCUT2D eigenvalue weighted by atomic mass is 10.2. The van der Waals surface area contributed by atoms with Gasteiger partial charge in [-0.25, -0.2) is 0 Å². The van der Waals surface area contributed by atoms with Crippen molar-refractivity contribution in [2.24, 2.45) is 5.73 Å². The van der Waals surface area contributed by atoms with Crippen LogP contribution >= 0.6 is 11.8 Å². The van der Waals surface area contributed by atoms with Crippen LogP contribution in [0.4, 0.5) is 0 Å². The Kier molecular flexibility index (Phi) is 5.79. The molecule has 0 spiro atoms. The van der Waals surface area contributed by atoms with E-state index in [2.05, 4.69) is 5.32 Å². The molecule has 0 aliphatic carbocycles. The number of allylic oxidation sites excluding steroid dienone is 1. The fourth-order valence-electron chi connectivity index (χ4n) is 1.37. The Morgan fingerprint density at radius 3 is 3.00 bits per heavy atom. The summed E-state index contributed by atoms with van der Waals surface area (Å²) >= 11 is 1.57. The van der Waals surface area contributed by atoms with Crippen molar-refractivity contribution in [3.05, 3.63) is 22.8 Å². The lowest BCUT2D eigenvalue weighted by molar-refractivity contribution is -0.117. The minimum atomic E-state index is -0.163. The van der Waals surface area contributed by atoms with Gasteiger partial charge >= 0.3 is 0 Å². The van der Waals surface area contributed by atoms with E-state index >= 15 is 0 Å². The zero-order valence-corrected chi connectivity index (χ0v) is 10.6. The first-order valence-electron chi connectivity index (χ1n) is 5.44. The third kappa shape index (κ3) is 3.90. The predicted molar refractivity (Wildman–Crippen MR) is 69.1 cm³/mol. The molecule has 1 fully saturated rings. The highest BCUT2D eigenvalue weighted by Crippen LogP contribution is 2.27. The van der Waals surface area contributed by atoms with E-state index in [1.54, 1.807) is 35.7 Å². The molecule has 0 aromatic rings. The molecule has 0 unspecified atom stereocenters. The van der Waals surface area contributed by atoms with Gasteiger partial charge in [0, 0.05) is 31.0 Å². The normalized spacial score (nSPS) is 18.6. The van der Waals surface area contributed by atoms with Crippen molar-refractivity contribution in [3.63, 3.8) is 0 Å². The number of nitrogens with two attached hydrogens (primary N) is 1. The summed E-state index contributed by atoms with van der Waals surface area (Å²) in [7, 11) is 0. The summed E-state index contributed by atoms with van der Waals surface area (Å²) in [6, 6.07) is 0. The highest BCUT2D eigenvalue weighted by atomic mass is 32.2. The summed E-state index contributed by atoms with van der Waals surface area (Å²) in [5.41, 5.74) is 5.87. The molecule has 94 valence electrons. The van der Waals surface area contributed by atoms with Crippen LogP contribution in [0.2, 0.25) is 0 Å². The third-order valence-corrected chi connectivity index (χ3v) is 3.31. The fourth-order valence-corrected chi connectivity index (χ4v) is 2.38. The second kappa shape index (κ2) is 7.13. The Balaban J connectivity index is 2.72. The van der Waals surface area contributed by atoms with Gasteiger partial charge in [0.2, 0.25) is 6.41 Å². The molecule has 17 heavy (non-hydrogen) atoms. The zero-order valence-electron chi connectivity index (χ0n) is 9.81. The molecule has 1 heterocycles. The number of rotatable bonds is 5. The van der Waals surface area contributed by atoms with E-state index in [0.29, 0.717) is 25.2 Å². The maximum Gasteiger partial charge on any atom is 0.251 e. The molecule has 3 N–H and O–H groups in total. The maximum atomic E-state index is 11.7. The number of hydrogen-bond donors (Lipinski definition) is 2. The van der Waals surface area contributed by atoms with Crippen molar-refractivity contribution in [2.75, 3.05) is 25.4 Å². The molecule has 1 aliphatic rings. The van der Waals surface area contributed by atoms with Gasteiger partial charge in [0.05, 0.1) is 5.03 Å². The summed E-state index contributed by atoms with van der Waals surface area (Å²) < 4.78 is 0. The Bertz CT molecular complexity index is 353. The van der Waals surface area contributed by atoms with Gasteiger partial charge in [-0.15, -0.1) is 11.8 Å². The van der Waals surface area contributed by atoms with Crippen molar-refractivity contribution in [1.82, 2.24) is 10.2 Å². The molecular weight excluding hydrogens is 238 g/mol. The highest BCUT2D eigenvalue weighted by Gasteiger charge is 2.18. The van der Waals surface area contributed by atoms with Gasteiger partial charge in [-0.1, -0.05) is 6.08 Å². The average molecular weight is 255 g/mol. The molecule has 0 aromatic heterocycles. The Morgan fingerprint density at radius 2 is 2.41 bits per heavy atom. The maximum absolute atomic E-state index is 11.7. The van der Waals surface area contributed by atoms with Crippen LogP contribution in [-0.2, 0) is 9.59 Å². The summed E-state index contributed by atoms with van der Waals surface area (Å²) in [6.45, 7) is 3.35. The molecule has 5 nitrogen and oxygen atoms in total. The lowest BCUT2D eigenvalue weighted by Crippen LogP contribution is -2.30. The van der Waals surface area contributed by atoms with E-state index in [0.717, 1.165) is 17.2 Å². The number of amides is 2. The largest absolute Gasteiger partial charge is 0.351 e. The first-order chi connectivity index (χ1) is 8.22. The lowest BCUT2D eigenvalue weighted by Gasteiger charge is -2.10. The highest BCUT2D eigenvalue weighted by molar-refractivity contribution is 8.03. The second-order valence-electron chi connectivity index (χ2n) is 3.42. The van der Waals surface area contributed by atoms with E-state index in [9.17, 15) is 9.59 Å². The second-order valence-corrected chi connectivity index (χ2v) is 4.53. The average Bonchev–Trinajstić information content (AvgIpc) is 2.80. The van der Waals surface area contributed by atoms with Crippen molar-refractivity contribution in [1.29, 1.82) is 0 Å². The molecule has 1 saturated heterocycles. The van der Waals surface area contributed by atoms with Gasteiger partial charge in [0.1, 0.15) is 0 Å². The van der Waals surface area contributed by atoms with Gasteiger partial charge in [-0.3, -0.25) is 9.59 Å². The van der Waals surface area contributed by atoms with Gasteiger partial charge in [0.25, 0.3) is 5.91 Å². The summed E-state index contributed by atoms with van der Waals surface area (Å²) in [5.74, 6) is 0.704. The third-order valence-electron chi connectivity index (χ3n) is 2.27. The van der Waals surface area contributed by atoms with Crippen LogP contribution in [0.1, 0.15) is 6.92 Å². The molecule has 2 amide bonds. The molecule has 1 aliphatic heterocycles. The summed E-state index contributed by atoms with van der Waals surface area (Å²) in [6.07, 6.45) is 4.25. The molecule has 0 saturated carbocycles. The quantitative estimate of drug-likeness (QED) is 0.538. The molecule has 0 atom stereocenters. The fraction of sp³-hybridized carbons (Fsp3) is 0.455. The molecule has 1 rings (SSSR count). The van der Waals surface area contributed by atoms with Crippen molar-refractivity contribution in [3.8, 4) is 0 Å². The first kappa shape index (κ1) is 13.8. The van der Waals surface area contributed by atoms with E-state index in [1.807, 2.05) is 0 Å². The molecular formula is C11H17N3O2S. The van der Waals surface area contributed by atoms with Gasteiger partial charge in [-0.2, -0.15) is 0 Å². The SMILES string of the molecule is C/C=C(\C=C1\SCCN1C=O)C(=O)NCCN. The van der Waals surface area contributed by atoms with E-state index in [4.69, 9.17) is 5.73 Å². The standard InChI is InChI=1S/C11H17N3O2S/c1-2-9(11(16)13-4-3-12)7-10-14(8-15)5-6-17-10/h2,7-8H,3-6,12H2,1H3,(H,13,16)/b9-2+,10-7+.